The van der Waals surface area contributed by atoms with E-state index in [1.807, 2.05) is 24.3 Å². The lowest BCUT2D eigenvalue weighted by atomic mass is 10.1. The van der Waals surface area contributed by atoms with E-state index in [-0.39, 0.29) is 10.8 Å². The Labute approximate surface area is 160 Å². The molecule has 0 bridgehead atoms. The summed E-state index contributed by atoms with van der Waals surface area (Å²) in [7, 11) is -3.54. The molecule has 1 fully saturated rings. The first-order chi connectivity index (χ1) is 13.0. The number of nitrogens with zero attached hydrogens (tertiary/aromatic N) is 1. The van der Waals surface area contributed by atoms with E-state index in [4.69, 9.17) is 5.73 Å². The van der Waals surface area contributed by atoms with Crippen LogP contribution in [0.15, 0.2) is 53.4 Å². The molecule has 27 heavy (non-hydrogen) atoms. The van der Waals surface area contributed by atoms with Crippen LogP contribution in [0.4, 0.5) is 5.69 Å². The third-order valence-corrected chi connectivity index (χ3v) is 6.62. The van der Waals surface area contributed by atoms with Gasteiger partial charge < -0.3 is 11.1 Å². The molecule has 1 heterocycles. The van der Waals surface area contributed by atoms with Gasteiger partial charge in [0, 0.05) is 30.9 Å². The maximum Gasteiger partial charge on any atom is 0.251 e. The van der Waals surface area contributed by atoms with E-state index in [9.17, 15) is 13.2 Å². The number of nitrogen functional groups attached to an aromatic ring is 1. The van der Waals surface area contributed by atoms with Crippen LogP contribution in [0.5, 0.6) is 0 Å². The molecule has 0 aliphatic carbocycles. The Morgan fingerprint density at radius 1 is 1.04 bits per heavy atom. The highest BCUT2D eigenvalue weighted by Crippen LogP contribution is 2.21. The van der Waals surface area contributed by atoms with Crippen molar-refractivity contribution in [3.63, 3.8) is 0 Å². The molecule has 0 unspecified atom stereocenters. The third kappa shape index (κ3) is 4.87. The smallest absolute Gasteiger partial charge is 0.251 e. The van der Waals surface area contributed by atoms with Gasteiger partial charge >= 0.3 is 0 Å². The number of sulfonamides is 1. The molecule has 0 saturated carbocycles. The molecule has 0 aromatic heterocycles. The lowest BCUT2D eigenvalue weighted by Crippen LogP contribution is -2.35. The predicted molar refractivity (Wildman–Crippen MR) is 106 cm³/mol. The number of benzene rings is 2. The average Bonchev–Trinajstić information content (AvgIpc) is 2.70. The Bertz CT molecular complexity index is 889. The van der Waals surface area contributed by atoms with Crippen LogP contribution in [0.1, 0.15) is 35.2 Å². The van der Waals surface area contributed by atoms with Gasteiger partial charge in [0.2, 0.25) is 10.0 Å². The van der Waals surface area contributed by atoms with Gasteiger partial charge in [-0.1, -0.05) is 24.6 Å². The van der Waals surface area contributed by atoms with E-state index in [1.165, 1.54) is 10.4 Å². The lowest BCUT2D eigenvalue weighted by Gasteiger charge is -2.26. The molecule has 0 spiro atoms. The zero-order valence-electron chi connectivity index (χ0n) is 15.2. The summed E-state index contributed by atoms with van der Waals surface area (Å²) in [5, 5.41) is 2.84. The molecule has 3 rings (SSSR count). The fourth-order valence-electron chi connectivity index (χ4n) is 3.16. The minimum absolute atomic E-state index is 0.176. The second-order valence-corrected chi connectivity index (χ2v) is 8.68. The molecule has 1 saturated heterocycles. The number of nitrogens with two attached hydrogens (primary N) is 1. The highest BCUT2D eigenvalue weighted by molar-refractivity contribution is 7.89. The molecule has 1 amide bonds. The summed E-state index contributed by atoms with van der Waals surface area (Å²) in [5.41, 5.74) is 7.79. The van der Waals surface area contributed by atoms with Gasteiger partial charge in [0.05, 0.1) is 4.90 Å². The van der Waals surface area contributed by atoms with E-state index in [1.54, 1.807) is 18.2 Å². The molecule has 144 valence electrons. The number of carbonyl (C=O) groups excluding carboxylic acids is 1. The Morgan fingerprint density at radius 2 is 1.74 bits per heavy atom. The molecule has 0 atom stereocenters. The molecule has 0 radical (unpaired) electrons. The van der Waals surface area contributed by atoms with Crippen molar-refractivity contribution in [3.8, 4) is 0 Å². The SMILES string of the molecule is Nc1ccc(CCNC(=O)c2cccc(S(=O)(=O)N3CCCCC3)c2)cc1. The van der Waals surface area contributed by atoms with Crippen molar-refractivity contribution in [1.82, 2.24) is 9.62 Å². The summed E-state index contributed by atoms with van der Waals surface area (Å²) < 4.78 is 27.1. The van der Waals surface area contributed by atoms with Gasteiger partial charge in [0.25, 0.3) is 5.91 Å². The zero-order valence-corrected chi connectivity index (χ0v) is 16.0. The highest BCUT2D eigenvalue weighted by Gasteiger charge is 2.26. The minimum atomic E-state index is -3.54. The second-order valence-electron chi connectivity index (χ2n) is 6.74. The molecular weight excluding hydrogens is 362 g/mol. The topological polar surface area (TPSA) is 92.5 Å². The van der Waals surface area contributed by atoms with Crippen molar-refractivity contribution in [2.45, 2.75) is 30.6 Å². The van der Waals surface area contributed by atoms with Gasteiger partial charge in [-0.2, -0.15) is 4.31 Å². The van der Waals surface area contributed by atoms with Crippen molar-refractivity contribution < 1.29 is 13.2 Å². The Hall–Kier alpha value is -2.38. The fourth-order valence-corrected chi connectivity index (χ4v) is 4.72. The summed E-state index contributed by atoms with van der Waals surface area (Å²) in [6, 6.07) is 13.8. The van der Waals surface area contributed by atoms with Crippen LogP contribution in [0, 0.1) is 0 Å². The maximum atomic E-state index is 12.8. The van der Waals surface area contributed by atoms with Gasteiger partial charge in [-0.05, 0) is 55.2 Å². The number of carbonyl (C=O) groups is 1. The number of hydrogen-bond donors (Lipinski definition) is 2. The average molecular weight is 388 g/mol. The zero-order chi connectivity index (χ0) is 19.3. The van der Waals surface area contributed by atoms with Crippen LogP contribution < -0.4 is 11.1 Å². The first-order valence-corrected chi connectivity index (χ1v) is 10.6. The Balaban J connectivity index is 1.63. The number of nitrogens with one attached hydrogen (secondary N) is 1. The van der Waals surface area contributed by atoms with Gasteiger partial charge in [0.1, 0.15) is 0 Å². The third-order valence-electron chi connectivity index (χ3n) is 4.73. The summed E-state index contributed by atoms with van der Waals surface area (Å²) in [4.78, 5) is 12.6. The predicted octanol–water partition coefficient (Wildman–Crippen LogP) is 2.42. The summed E-state index contributed by atoms with van der Waals surface area (Å²) in [5.74, 6) is -0.277. The van der Waals surface area contributed by atoms with Crippen molar-refractivity contribution in [2.24, 2.45) is 0 Å². The van der Waals surface area contributed by atoms with Crippen LogP contribution in [0.25, 0.3) is 0 Å². The number of hydrogen-bond acceptors (Lipinski definition) is 4. The van der Waals surface area contributed by atoms with Crippen molar-refractivity contribution in [2.75, 3.05) is 25.4 Å². The van der Waals surface area contributed by atoms with Crippen LogP contribution in [0.2, 0.25) is 0 Å². The molecule has 1 aliphatic heterocycles. The quantitative estimate of drug-likeness (QED) is 0.745. The van der Waals surface area contributed by atoms with E-state index in [0.29, 0.717) is 37.3 Å². The first-order valence-electron chi connectivity index (χ1n) is 9.20. The van der Waals surface area contributed by atoms with Crippen LogP contribution in [0.3, 0.4) is 0 Å². The Kier molecular flexibility index (Phi) is 6.13. The molecule has 7 heteroatoms. The molecule has 3 N–H and O–H groups in total. The van der Waals surface area contributed by atoms with Crippen molar-refractivity contribution in [1.29, 1.82) is 0 Å². The molecule has 6 nitrogen and oxygen atoms in total. The summed E-state index contributed by atoms with van der Waals surface area (Å²) in [6.07, 6.45) is 3.50. The van der Waals surface area contributed by atoms with Crippen molar-refractivity contribution in [3.05, 3.63) is 59.7 Å². The van der Waals surface area contributed by atoms with Gasteiger partial charge in [-0.3, -0.25) is 4.79 Å². The monoisotopic (exact) mass is 387 g/mol. The van der Waals surface area contributed by atoms with E-state index in [0.717, 1.165) is 24.8 Å². The molecular formula is C20H25N3O3S. The van der Waals surface area contributed by atoms with Gasteiger partial charge in [-0.25, -0.2) is 8.42 Å². The van der Waals surface area contributed by atoms with Crippen molar-refractivity contribution >= 4 is 21.6 Å². The number of anilines is 1. The Morgan fingerprint density at radius 3 is 2.44 bits per heavy atom. The van der Waals surface area contributed by atoms with E-state index in [2.05, 4.69) is 5.32 Å². The van der Waals surface area contributed by atoms with Crippen LogP contribution in [-0.2, 0) is 16.4 Å². The number of amides is 1. The molecule has 2 aromatic carbocycles. The standard InChI is InChI=1S/C20H25N3O3S/c21-18-9-7-16(8-10-18)11-12-22-20(24)17-5-4-6-19(15-17)27(25,26)23-13-2-1-3-14-23/h4-10,15H,1-3,11-14,21H2,(H,22,24). The van der Waals surface area contributed by atoms with Crippen LogP contribution in [-0.4, -0.2) is 38.3 Å². The molecule has 1 aliphatic rings. The van der Waals surface area contributed by atoms with Crippen LogP contribution >= 0.6 is 0 Å². The molecule has 2 aromatic rings. The summed E-state index contributed by atoms with van der Waals surface area (Å²) in [6.45, 7) is 1.55. The largest absolute Gasteiger partial charge is 0.399 e. The summed E-state index contributed by atoms with van der Waals surface area (Å²) >= 11 is 0. The first kappa shape index (κ1) is 19.4. The second kappa shape index (κ2) is 8.54. The number of piperidine rings is 1. The number of rotatable bonds is 6. The normalized spacial score (nSPS) is 15.4. The van der Waals surface area contributed by atoms with Gasteiger partial charge in [-0.15, -0.1) is 0 Å². The lowest BCUT2D eigenvalue weighted by molar-refractivity contribution is 0.0954. The fraction of sp³-hybridized carbons (Fsp3) is 0.350. The van der Waals surface area contributed by atoms with E-state index >= 15 is 0 Å². The van der Waals surface area contributed by atoms with Gasteiger partial charge in [0.15, 0.2) is 0 Å². The highest BCUT2D eigenvalue weighted by atomic mass is 32.2. The minimum Gasteiger partial charge on any atom is -0.399 e. The maximum absolute atomic E-state index is 12.8. The van der Waals surface area contributed by atoms with E-state index < -0.39 is 10.0 Å².